The molecule has 0 aliphatic rings. The van der Waals surface area contributed by atoms with Crippen LogP contribution in [0.2, 0.25) is 0 Å². The van der Waals surface area contributed by atoms with Crippen molar-refractivity contribution >= 4 is 17.3 Å². The van der Waals surface area contributed by atoms with E-state index in [1.165, 1.54) is 12.1 Å². The van der Waals surface area contributed by atoms with Crippen molar-refractivity contribution in [3.05, 3.63) is 35.6 Å². The van der Waals surface area contributed by atoms with Gasteiger partial charge >= 0.3 is 0 Å². The number of nitrogens with one attached hydrogen (secondary N) is 1. The SMILES string of the molecule is C[C@H](NC(N)=S)c1ccc(F)cc1. The lowest BCUT2D eigenvalue weighted by molar-refractivity contribution is 0.624. The van der Waals surface area contributed by atoms with Crippen LogP contribution in [0.5, 0.6) is 0 Å². The normalized spacial score (nSPS) is 12.2. The summed E-state index contributed by atoms with van der Waals surface area (Å²) in [5.41, 5.74) is 6.26. The van der Waals surface area contributed by atoms with Gasteiger partial charge in [0.05, 0.1) is 6.04 Å². The summed E-state index contributed by atoms with van der Waals surface area (Å²) in [6, 6.07) is 6.23. The highest BCUT2D eigenvalue weighted by atomic mass is 32.1. The maximum atomic E-state index is 12.5. The molecule has 0 aliphatic heterocycles. The number of halogens is 1. The molecular formula is C9H11FN2S. The molecule has 70 valence electrons. The van der Waals surface area contributed by atoms with Crippen molar-refractivity contribution in [1.82, 2.24) is 5.32 Å². The molecule has 0 saturated carbocycles. The van der Waals surface area contributed by atoms with Crippen molar-refractivity contribution < 1.29 is 4.39 Å². The molecule has 0 heterocycles. The number of hydrogen-bond donors (Lipinski definition) is 2. The topological polar surface area (TPSA) is 38.0 Å². The van der Waals surface area contributed by atoms with E-state index >= 15 is 0 Å². The summed E-state index contributed by atoms with van der Waals surface area (Å²) >= 11 is 4.69. The van der Waals surface area contributed by atoms with Crippen LogP contribution in [0.3, 0.4) is 0 Å². The van der Waals surface area contributed by atoms with Gasteiger partial charge in [-0.1, -0.05) is 12.1 Å². The van der Waals surface area contributed by atoms with Crippen molar-refractivity contribution in [3.8, 4) is 0 Å². The maximum Gasteiger partial charge on any atom is 0.164 e. The zero-order valence-electron chi connectivity index (χ0n) is 7.25. The molecule has 13 heavy (non-hydrogen) atoms. The molecule has 1 rings (SSSR count). The molecule has 1 aromatic carbocycles. The second kappa shape index (κ2) is 4.18. The van der Waals surface area contributed by atoms with Gasteiger partial charge in [0.2, 0.25) is 0 Å². The van der Waals surface area contributed by atoms with Crippen LogP contribution in [0.15, 0.2) is 24.3 Å². The first-order valence-electron chi connectivity index (χ1n) is 3.91. The Kier molecular flexibility index (Phi) is 3.19. The molecule has 4 heteroatoms. The number of benzene rings is 1. The first kappa shape index (κ1) is 9.92. The van der Waals surface area contributed by atoms with E-state index in [9.17, 15) is 4.39 Å². The van der Waals surface area contributed by atoms with Gasteiger partial charge in [0.1, 0.15) is 5.82 Å². The third-order valence-corrected chi connectivity index (χ3v) is 1.85. The highest BCUT2D eigenvalue weighted by molar-refractivity contribution is 7.80. The fourth-order valence-corrected chi connectivity index (χ4v) is 1.22. The molecule has 0 unspecified atom stereocenters. The second-order valence-electron chi connectivity index (χ2n) is 2.78. The van der Waals surface area contributed by atoms with Gasteiger partial charge in [-0.15, -0.1) is 0 Å². The Bertz CT molecular complexity index is 297. The van der Waals surface area contributed by atoms with Gasteiger partial charge in [0.15, 0.2) is 5.11 Å². The Labute approximate surface area is 81.9 Å². The molecule has 3 N–H and O–H groups in total. The Morgan fingerprint density at radius 2 is 2.00 bits per heavy atom. The van der Waals surface area contributed by atoms with E-state index in [1.54, 1.807) is 12.1 Å². The summed E-state index contributed by atoms with van der Waals surface area (Å²) in [5, 5.41) is 3.11. The van der Waals surface area contributed by atoms with Crippen molar-refractivity contribution in [3.63, 3.8) is 0 Å². The molecule has 0 aliphatic carbocycles. The molecule has 0 radical (unpaired) electrons. The first-order valence-corrected chi connectivity index (χ1v) is 4.32. The van der Waals surface area contributed by atoms with Crippen LogP contribution < -0.4 is 11.1 Å². The molecule has 0 bridgehead atoms. The Morgan fingerprint density at radius 1 is 1.46 bits per heavy atom. The summed E-state index contributed by atoms with van der Waals surface area (Å²) in [7, 11) is 0. The molecule has 0 amide bonds. The molecule has 0 saturated heterocycles. The van der Waals surface area contributed by atoms with Crippen LogP contribution in [0, 0.1) is 5.82 Å². The number of hydrogen-bond acceptors (Lipinski definition) is 1. The summed E-state index contributed by atoms with van der Waals surface area (Å²) in [6.07, 6.45) is 0. The van der Waals surface area contributed by atoms with Crippen LogP contribution in [0.25, 0.3) is 0 Å². The van der Waals surface area contributed by atoms with Crippen molar-refractivity contribution in [2.24, 2.45) is 5.73 Å². The van der Waals surface area contributed by atoms with Crippen molar-refractivity contribution in [1.29, 1.82) is 0 Å². The van der Waals surface area contributed by atoms with Crippen molar-refractivity contribution in [2.45, 2.75) is 13.0 Å². The molecule has 0 spiro atoms. The van der Waals surface area contributed by atoms with Crippen LogP contribution in [0.1, 0.15) is 18.5 Å². The zero-order valence-corrected chi connectivity index (χ0v) is 8.07. The van der Waals surface area contributed by atoms with Gasteiger partial charge in [-0.2, -0.15) is 0 Å². The minimum atomic E-state index is -0.244. The largest absolute Gasteiger partial charge is 0.376 e. The third kappa shape index (κ3) is 2.99. The Morgan fingerprint density at radius 3 is 2.46 bits per heavy atom. The highest BCUT2D eigenvalue weighted by Crippen LogP contribution is 2.12. The standard InChI is InChI=1S/C9H11FN2S/c1-6(12-9(11)13)7-2-4-8(10)5-3-7/h2-6H,1H3,(H3,11,12,13)/t6-/m0/s1. The summed E-state index contributed by atoms with van der Waals surface area (Å²) in [5.74, 6) is -0.244. The van der Waals surface area contributed by atoms with E-state index < -0.39 is 0 Å². The maximum absolute atomic E-state index is 12.5. The molecular weight excluding hydrogens is 187 g/mol. The minimum absolute atomic E-state index is 0.0121. The van der Waals surface area contributed by atoms with E-state index in [1.807, 2.05) is 6.92 Å². The molecule has 2 nitrogen and oxygen atoms in total. The first-order chi connectivity index (χ1) is 6.09. The highest BCUT2D eigenvalue weighted by Gasteiger charge is 2.04. The summed E-state index contributed by atoms with van der Waals surface area (Å²) < 4.78 is 12.5. The zero-order chi connectivity index (χ0) is 9.84. The lowest BCUT2D eigenvalue weighted by Gasteiger charge is -2.13. The van der Waals surface area contributed by atoms with E-state index in [4.69, 9.17) is 18.0 Å². The third-order valence-electron chi connectivity index (χ3n) is 1.73. The predicted molar refractivity (Wildman–Crippen MR) is 54.7 cm³/mol. The van der Waals surface area contributed by atoms with Crippen LogP contribution in [-0.2, 0) is 0 Å². The number of rotatable bonds is 2. The molecule has 0 fully saturated rings. The average molecular weight is 198 g/mol. The van der Waals surface area contributed by atoms with Crippen molar-refractivity contribution in [2.75, 3.05) is 0 Å². The predicted octanol–water partition coefficient (Wildman–Crippen LogP) is 1.72. The van der Waals surface area contributed by atoms with E-state index in [0.717, 1.165) is 5.56 Å². The van der Waals surface area contributed by atoms with E-state index in [0.29, 0.717) is 0 Å². The summed E-state index contributed by atoms with van der Waals surface area (Å²) in [4.78, 5) is 0. The van der Waals surface area contributed by atoms with Gasteiger partial charge in [0.25, 0.3) is 0 Å². The molecule has 0 aromatic heterocycles. The quantitative estimate of drug-likeness (QED) is 0.711. The minimum Gasteiger partial charge on any atom is -0.376 e. The summed E-state index contributed by atoms with van der Waals surface area (Å²) in [6.45, 7) is 1.91. The lowest BCUT2D eigenvalue weighted by atomic mass is 10.1. The van der Waals surface area contributed by atoms with Crippen LogP contribution in [0.4, 0.5) is 4.39 Å². The number of nitrogens with two attached hydrogens (primary N) is 1. The van der Waals surface area contributed by atoms with E-state index in [-0.39, 0.29) is 17.0 Å². The fraction of sp³-hybridized carbons (Fsp3) is 0.222. The van der Waals surface area contributed by atoms with Gasteiger partial charge in [-0.3, -0.25) is 0 Å². The molecule has 1 atom stereocenters. The molecule has 1 aromatic rings. The Hall–Kier alpha value is -1.16. The lowest BCUT2D eigenvalue weighted by Crippen LogP contribution is -2.31. The monoisotopic (exact) mass is 198 g/mol. The second-order valence-corrected chi connectivity index (χ2v) is 3.22. The van der Waals surface area contributed by atoms with Gasteiger partial charge in [-0.05, 0) is 36.8 Å². The Balaban J connectivity index is 2.71. The van der Waals surface area contributed by atoms with Gasteiger partial charge in [-0.25, -0.2) is 4.39 Å². The fourth-order valence-electron chi connectivity index (χ4n) is 1.05. The van der Waals surface area contributed by atoms with Crippen LogP contribution in [-0.4, -0.2) is 5.11 Å². The smallest absolute Gasteiger partial charge is 0.164 e. The van der Waals surface area contributed by atoms with Gasteiger partial charge < -0.3 is 11.1 Å². The van der Waals surface area contributed by atoms with Crippen LogP contribution >= 0.6 is 12.2 Å². The van der Waals surface area contributed by atoms with E-state index in [2.05, 4.69) is 5.32 Å². The average Bonchev–Trinajstić information content (AvgIpc) is 2.04. The number of thiocarbonyl (C=S) groups is 1. The van der Waals surface area contributed by atoms with Gasteiger partial charge in [0, 0.05) is 0 Å².